The number of hydrogen-bond acceptors (Lipinski definition) is 9. The van der Waals surface area contributed by atoms with Gasteiger partial charge in [0.15, 0.2) is 5.82 Å². The van der Waals surface area contributed by atoms with Crippen molar-refractivity contribution in [2.75, 3.05) is 18.5 Å². The zero-order chi connectivity index (χ0) is 27.1. The number of anilines is 2. The number of amides is 1. The summed E-state index contributed by atoms with van der Waals surface area (Å²) in [4.78, 5) is 26.5. The van der Waals surface area contributed by atoms with Gasteiger partial charge in [-0.2, -0.15) is 9.19 Å². The van der Waals surface area contributed by atoms with Gasteiger partial charge in [0, 0.05) is 55.3 Å². The van der Waals surface area contributed by atoms with E-state index in [1.807, 2.05) is 12.3 Å². The lowest BCUT2D eigenvalue weighted by molar-refractivity contribution is 0.0697. The zero-order valence-electron chi connectivity index (χ0n) is 21.7. The number of rotatable bonds is 8. The van der Waals surface area contributed by atoms with Crippen LogP contribution in [0.2, 0.25) is 0 Å². The molecular weight excluding hydrogens is 520 g/mol. The van der Waals surface area contributed by atoms with Gasteiger partial charge in [-0.05, 0) is 45.6 Å². The lowest BCUT2D eigenvalue weighted by atomic mass is 10.1. The quantitative estimate of drug-likeness (QED) is 0.337. The molecule has 2 aliphatic rings. The van der Waals surface area contributed by atoms with Crippen LogP contribution in [0.1, 0.15) is 55.9 Å². The molecule has 12 nitrogen and oxygen atoms in total. The summed E-state index contributed by atoms with van der Waals surface area (Å²) in [6.07, 6.45) is 11.0. The van der Waals surface area contributed by atoms with Gasteiger partial charge in [0.1, 0.15) is 11.6 Å². The number of pyridine rings is 1. The number of fused-ring (bicyclic) bond motifs is 1. The fourth-order valence-corrected chi connectivity index (χ4v) is 6.18. The highest BCUT2D eigenvalue weighted by atomic mass is 32.2. The fraction of sp³-hybridized carbons (Fsp3) is 0.423. The Labute approximate surface area is 225 Å². The SMILES string of the molecule is CC(C)n1cc(C(=O)NC2CCOCC2)c2cnc(Nc3ccnc(-c4cnn(S(=O)(=O)C5CC5)c4)n3)cc21. The minimum absolute atomic E-state index is 0.102. The normalized spacial score (nSPS) is 16.6. The molecular formula is C26H30N8O4S. The van der Waals surface area contributed by atoms with E-state index in [4.69, 9.17) is 4.74 Å². The number of ether oxygens (including phenoxy) is 1. The van der Waals surface area contributed by atoms with Crippen LogP contribution in [0.15, 0.2) is 43.1 Å². The molecule has 204 valence electrons. The van der Waals surface area contributed by atoms with Crippen LogP contribution < -0.4 is 10.6 Å². The molecule has 0 unspecified atom stereocenters. The fourth-order valence-electron chi connectivity index (χ4n) is 4.70. The first-order chi connectivity index (χ1) is 18.8. The van der Waals surface area contributed by atoms with E-state index in [9.17, 15) is 13.2 Å². The molecule has 0 aromatic carbocycles. The summed E-state index contributed by atoms with van der Waals surface area (Å²) in [5.74, 6) is 1.27. The molecule has 13 heteroatoms. The maximum atomic E-state index is 13.1. The van der Waals surface area contributed by atoms with Crippen molar-refractivity contribution in [3.05, 3.63) is 48.7 Å². The first kappa shape index (κ1) is 25.4. The average molecular weight is 551 g/mol. The van der Waals surface area contributed by atoms with E-state index >= 15 is 0 Å². The van der Waals surface area contributed by atoms with Crippen molar-refractivity contribution >= 4 is 38.5 Å². The molecule has 39 heavy (non-hydrogen) atoms. The predicted octanol–water partition coefficient (Wildman–Crippen LogP) is 3.26. The third kappa shape index (κ3) is 5.11. The molecule has 1 aliphatic heterocycles. The summed E-state index contributed by atoms with van der Waals surface area (Å²) in [6.45, 7) is 5.44. The Morgan fingerprint density at radius 3 is 2.62 bits per heavy atom. The van der Waals surface area contributed by atoms with E-state index in [0.717, 1.165) is 27.8 Å². The van der Waals surface area contributed by atoms with Crippen molar-refractivity contribution in [2.24, 2.45) is 0 Å². The van der Waals surface area contributed by atoms with Gasteiger partial charge in [-0.15, -0.1) is 0 Å². The van der Waals surface area contributed by atoms with Gasteiger partial charge >= 0.3 is 0 Å². The Balaban J connectivity index is 1.25. The highest BCUT2D eigenvalue weighted by molar-refractivity contribution is 7.90. The Kier molecular flexibility index (Phi) is 6.55. The molecule has 1 saturated heterocycles. The molecule has 6 rings (SSSR count). The monoisotopic (exact) mass is 550 g/mol. The summed E-state index contributed by atoms with van der Waals surface area (Å²) >= 11 is 0. The Morgan fingerprint density at radius 1 is 1.08 bits per heavy atom. The number of nitrogens with zero attached hydrogens (tertiary/aromatic N) is 6. The van der Waals surface area contributed by atoms with Gasteiger partial charge < -0.3 is 19.9 Å². The average Bonchev–Trinajstić information content (AvgIpc) is 3.54. The van der Waals surface area contributed by atoms with E-state index in [-0.39, 0.29) is 23.2 Å². The molecule has 0 bridgehead atoms. The Bertz CT molecular complexity index is 1630. The number of carbonyl (C=O) groups excluding carboxylic acids is 1. The number of nitrogens with one attached hydrogen (secondary N) is 2. The summed E-state index contributed by atoms with van der Waals surface area (Å²) in [6, 6.07) is 3.82. The molecule has 0 atom stereocenters. The molecule has 4 aromatic heterocycles. The summed E-state index contributed by atoms with van der Waals surface area (Å²) in [7, 11) is -3.47. The second-order valence-electron chi connectivity index (χ2n) is 10.2. The number of carbonyl (C=O) groups is 1. The summed E-state index contributed by atoms with van der Waals surface area (Å²) in [5.41, 5.74) is 1.97. The van der Waals surface area contributed by atoms with Crippen molar-refractivity contribution < 1.29 is 17.9 Å². The third-order valence-corrected chi connectivity index (χ3v) is 9.05. The Hall–Kier alpha value is -3.84. The first-order valence-corrected chi connectivity index (χ1v) is 14.6. The minimum atomic E-state index is -3.47. The van der Waals surface area contributed by atoms with E-state index in [1.54, 1.807) is 18.5 Å². The predicted molar refractivity (Wildman–Crippen MR) is 145 cm³/mol. The molecule has 1 saturated carbocycles. The number of hydrogen-bond donors (Lipinski definition) is 2. The molecule has 1 amide bonds. The summed E-state index contributed by atoms with van der Waals surface area (Å²) < 4.78 is 33.4. The van der Waals surface area contributed by atoms with Gasteiger partial charge in [-0.1, -0.05) is 0 Å². The molecule has 2 fully saturated rings. The standard InChI is InChI=1S/C26H30N8O4S/c1-16(2)33-15-21(26(35)30-18-6-9-38-10-7-18)20-13-28-24(11-22(20)33)31-23-5-8-27-25(32-23)17-12-29-34(14-17)39(36,37)19-3-4-19/h5,8,11-16,18-19H,3-4,6-7,9-10H2,1-2H3,(H,30,35)(H,27,28,31,32). The van der Waals surface area contributed by atoms with Crippen LogP contribution in [0.25, 0.3) is 22.3 Å². The van der Waals surface area contributed by atoms with Gasteiger partial charge in [0.05, 0.1) is 34.3 Å². The van der Waals surface area contributed by atoms with Crippen LogP contribution in [0.3, 0.4) is 0 Å². The molecule has 1 aliphatic carbocycles. The maximum absolute atomic E-state index is 13.1. The van der Waals surface area contributed by atoms with Crippen molar-refractivity contribution in [2.45, 2.75) is 56.9 Å². The zero-order valence-corrected chi connectivity index (χ0v) is 22.6. The molecule has 4 aromatic rings. The van der Waals surface area contributed by atoms with Gasteiger partial charge in [-0.25, -0.2) is 23.4 Å². The maximum Gasteiger partial charge on any atom is 0.256 e. The molecule has 0 spiro atoms. The van der Waals surface area contributed by atoms with E-state index < -0.39 is 10.0 Å². The van der Waals surface area contributed by atoms with Crippen LogP contribution in [-0.2, 0) is 14.8 Å². The van der Waals surface area contributed by atoms with Gasteiger partial charge in [0.2, 0.25) is 0 Å². The van der Waals surface area contributed by atoms with E-state index in [0.29, 0.717) is 54.6 Å². The minimum Gasteiger partial charge on any atom is -0.381 e. The van der Waals surface area contributed by atoms with Crippen molar-refractivity contribution in [1.29, 1.82) is 0 Å². The van der Waals surface area contributed by atoms with Gasteiger partial charge in [0.25, 0.3) is 15.9 Å². The smallest absolute Gasteiger partial charge is 0.256 e. The lowest BCUT2D eigenvalue weighted by Gasteiger charge is -2.22. The number of aromatic nitrogens is 6. The Morgan fingerprint density at radius 2 is 1.87 bits per heavy atom. The van der Waals surface area contributed by atoms with Crippen LogP contribution >= 0.6 is 0 Å². The molecule has 0 radical (unpaired) electrons. The topological polar surface area (TPSA) is 146 Å². The molecule has 5 heterocycles. The largest absolute Gasteiger partial charge is 0.381 e. The van der Waals surface area contributed by atoms with E-state index in [2.05, 4.69) is 49.1 Å². The highest BCUT2D eigenvalue weighted by Crippen LogP contribution is 2.31. The third-order valence-electron chi connectivity index (χ3n) is 7.01. The van der Waals surface area contributed by atoms with Crippen molar-refractivity contribution in [3.63, 3.8) is 0 Å². The van der Waals surface area contributed by atoms with E-state index in [1.165, 1.54) is 12.4 Å². The lowest BCUT2D eigenvalue weighted by Crippen LogP contribution is -2.38. The first-order valence-electron chi connectivity index (χ1n) is 13.1. The second-order valence-corrected chi connectivity index (χ2v) is 12.3. The van der Waals surface area contributed by atoms with Crippen LogP contribution in [0.5, 0.6) is 0 Å². The van der Waals surface area contributed by atoms with Crippen LogP contribution in [-0.4, -0.2) is 67.5 Å². The van der Waals surface area contributed by atoms with Crippen molar-refractivity contribution in [3.8, 4) is 11.4 Å². The highest BCUT2D eigenvalue weighted by Gasteiger charge is 2.37. The van der Waals surface area contributed by atoms with Crippen LogP contribution in [0.4, 0.5) is 11.6 Å². The van der Waals surface area contributed by atoms with Gasteiger partial charge in [-0.3, -0.25) is 4.79 Å². The second kappa shape index (κ2) is 10.0. The van der Waals surface area contributed by atoms with Crippen LogP contribution in [0, 0.1) is 0 Å². The van der Waals surface area contributed by atoms with Crippen molar-refractivity contribution in [1.82, 2.24) is 34.0 Å². The summed E-state index contributed by atoms with van der Waals surface area (Å²) in [5, 5.41) is 10.8. The molecule has 2 N–H and O–H groups in total.